The number of rotatable bonds is 6. The lowest BCUT2D eigenvalue weighted by Crippen LogP contribution is -2.06. The quantitative estimate of drug-likeness (QED) is 0.759. The summed E-state index contributed by atoms with van der Waals surface area (Å²) in [5.41, 5.74) is 1.83. The van der Waals surface area contributed by atoms with Crippen molar-refractivity contribution in [2.75, 3.05) is 19.0 Å². The third kappa shape index (κ3) is 2.64. The van der Waals surface area contributed by atoms with E-state index in [2.05, 4.69) is 15.3 Å². The van der Waals surface area contributed by atoms with Crippen LogP contribution in [0.5, 0.6) is 11.8 Å². The molecule has 0 amide bonds. The molecule has 3 rings (SSSR count). The van der Waals surface area contributed by atoms with Gasteiger partial charge in [-0.15, -0.1) is 11.3 Å². The Morgan fingerprint density at radius 1 is 1.38 bits per heavy atom. The van der Waals surface area contributed by atoms with Gasteiger partial charge in [0.25, 0.3) is 0 Å². The Hall–Kier alpha value is -2.28. The van der Waals surface area contributed by atoms with E-state index in [0.29, 0.717) is 24.9 Å². The number of fused-ring (bicyclic) bond motifs is 1. The molecule has 110 valence electrons. The van der Waals surface area contributed by atoms with Gasteiger partial charge in [0.05, 0.1) is 25.9 Å². The Morgan fingerprint density at radius 3 is 3.10 bits per heavy atom. The molecule has 0 unspecified atom stereocenters. The summed E-state index contributed by atoms with van der Waals surface area (Å²) in [6.45, 7) is 3.09. The van der Waals surface area contributed by atoms with Crippen molar-refractivity contribution in [2.24, 2.45) is 0 Å². The molecule has 0 spiro atoms. The SMILES string of the molecule is CCOc1ncccc1NCc1c(OC)nc2sccn12. The molecule has 0 atom stereocenters. The second kappa shape index (κ2) is 6.01. The number of aromatic nitrogens is 3. The number of hydrogen-bond donors (Lipinski definition) is 1. The van der Waals surface area contributed by atoms with E-state index in [-0.39, 0.29) is 0 Å². The van der Waals surface area contributed by atoms with Gasteiger partial charge >= 0.3 is 0 Å². The molecule has 3 heterocycles. The molecular weight excluding hydrogens is 288 g/mol. The van der Waals surface area contributed by atoms with E-state index in [1.54, 1.807) is 24.6 Å². The van der Waals surface area contributed by atoms with Crippen LogP contribution in [0.25, 0.3) is 4.96 Å². The fraction of sp³-hybridized carbons (Fsp3) is 0.286. The standard InChI is InChI=1S/C14H16N4O2S/c1-3-20-12-10(5-4-6-15-12)16-9-11-13(19-2)17-14-18(11)7-8-21-14/h4-8,16H,3,9H2,1-2H3. The van der Waals surface area contributed by atoms with Gasteiger partial charge in [0.1, 0.15) is 5.69 Å². The van der Waals surface area contributed by atoms with Gasteiger partial charge in [0, 0.05) is 17.8 Å². The van der Waals surface area contributed by atoms with E-state index in [1.165, 1.54) is 0 Å². The molecule has 0 fully saturated rings. The Kier molecular flexibility index (Phi) is 3.92. The molecule has 7 heteroatoms. The first-order chi connectivity index (χ1) is 10.3. The number of nitrogens with one attached hydrogen (secondary N) is 1. The number of methoxy groups -OCH3 is 1. The van der Waals surface area contributed by atoms with Gasteiger partial charge in [-0.05, 0) is 19.1 Å². The van der Waals surface area contributed by atoms with Crippen LogP contribution in [-0.2, 0) is 6.54 Å². The summed E-state index contributed by atoms with van der Waals surface area (Å²) in [5.74, 6) is 1.24. The van der Waals surface area contributed by atoms with Crippen molar-refractivity contribution in [2.45, 2.75) is 13.5 Å². The summed E-state index contributed by atoms with van der Waals surface area (Å²) in [6, 6.07) is 3.81. The number of nitrogens with zero attached hydrogens (tertiary/aromatic N) is 3. The highest BCUT2D eigenvalue weighted by Gasteiger charge is 2.14. The molecule has 0 saturated carbocycles. The Morgan fingerprint density at radius 2 is 2.29 bits per heavy atom. The van der Waals surface area contributed by atoms with Crippen LogP contribution in [0.3, 0.4) is 0 Å². The molecule has 1 N–H and O–H groups in total. The second-order valence-corrected chi connectivity index (χ2v) is 5.14. The highest BCUT2D eigenvalue weighted by Crippen LogP contribution is 2.26. The van der Waals surface area contributed by atoms with Crippen molar-refractivity contribution in [3.63, 3.8) is 0 Å². The first-order valence-electron chi connectivity index (χ1n) is 6.63. The van der Waals surface area contributed by atoms with Gasteiger partial charge in [-0.25, -0.2) is 4.98 Å². The van der Waals surface area contributed by atoms with Crippen LogP contribution in [0.4, 0.5) is 5.69 Å². The minimum Gasteiger partial charge on any atom is -0.480 e. The van der Waals surface area contributed by atoms with Gasteiger partial charge in [0.2, 0.25) is 11.8 Å². The van der Waals surface area contributed by atoms with Gasteiger partial charge < -0.3 is 14.8 Å². The van der Waals surface area contributed by atoms with Gasteiger partial charge in [-0.1, -0.05) is 0 Å². The maximum atomic E-state index is 5.51. The fourth-order valence-electron chi connectivity index (χ4n) is 2.09. The largest absolute Gasteiger partial charge is 0.480 e. The molecule has 21 heavy (non-hydrogen) atoms. The zero-order valence-electron chi connectivity index (χ0n) is 11.9. The summed E-state index contributed by atoms with van der Waals surface area (Å²) in [4.78, 5) is 9.58. The maximum Gasteiger partial charge on any atom is 0.238 e. The number of pyridine rings is 1. The lowest BCUT2D eigenvalue weighted by Gasteiger charge is -2.11. The fourth-order valence-corrected chi connectivity index (χ4v) is 2.82. The Balaban J connectivity index is 1.84. The highest BCUT2D eigenvalue weighted by atomic mass is 32.1. The Labute approximate surface area is 126 Å². The van der Waals surface area contributed by atoms with Crippen molar-refractivity contribution in [3.8, 4) is 11.8 Å². The molecular formula is C14H16N4O2S. The van der Waals surface area contributed by atoms with Crippen molar-refractivity contribution in [1.29, 1.82) is 0 Å². The zero-order chi connectivity index (χ0) is 14.7. The third-order valence-corrected chi connectivity index (χ3v) is 3.77. The van der Waals surface area contributed by atoms with E-state index >= 15 is 0 Å². The summed E-state index contributed by atoms with van der Waals surface area (Å²) < 4.78 is 12.9. The van der Waals surface area contributed by atoms with Crippen LogP contribution in [0.1, 0.15) is 12.6 Å². The first-order valence-corrected chi connectivity index (χ1v) is 7.51. The summed E-state index contributed by atoms with van der Waals surface area (Å²) in [6.07, 6.45) is 3.70. The molecule has 0 radical (unpaired) electrons. The van der Waals surface area contributed by atoms with E-state index < -0.39 is 0 Å². The van der Waals surface area contributed by atoms with Crippen molar-refractivity contribution < 1.29 is 9.47 Å². The molecule has 3 aromatic heterocycles. The summed E-state index contributed by atoms with van der Waals surface area (Å²) >= 11 is 1.58. The second-order valence-electron chi connectivity index (χ2n) is 4.27. The van der Waals surface area contributed by atoms with Crippen LogP contribution in [0.15, 0.2) is 29.9 Å². The molecule has 6 nitrogen and oxygen atoms in total. The van der Waals surface area contributed by atoms with Crippen LogP contribution < -0.4 is 14.8 Å². The van der Waals surface area contributed by atoms with Gasteiger partial charge in [0.15, 0.2) is 4.96 Å². The minimum absolute atomic E-state index is 0.576. The molecule has 0 saturated heterocycles. The molecule has 0 aliphatic rings. The molecule has 0 aliphatic carbocycles. The normalized spacial score (nSPS) is 10.8. The monoisotopic (exact) mass is 304 g/mol. The molecule has 0 aliphatic heterocycles. The molecule has 0 aromatic carbocycles. The molecule has 0 bridgehead atoms. The van der Waals surface area contributed by atoms with Crippen molar-refractivity contribution in [3.05, 3.63) is 35.6 Å². The third-order valence-electron chi connectivity index (χ3n) is 3.02. The predicted molar refractivity (Wildman–Crippen MR) is 82.4 cm³/mol. The molecule has 3 aromatic rings. The lowest BCUT2D eigenvalue weighted by molar-refractivity contribution is 0.328. The number of anilines is 1. The van der Waals surface area contributed by atoms with Crippen molar-refractivity contribution >= 4 is 22.0 Å². The summed E-state index contributed by atoms with van der Waals surface area (Å²) in [7, 11) is 1.63. The average molecular weight is 304 g/mol. The van der Waals surface area contributed by atoms with Gasteiger partial charge in [-0.2, -0.15) is 4.98 Å². The smallest absolute Gasteiger partial charge is 0.238 e. The maximum absolute atomic E-state index is 5.51. The summed E-state index contributed by atoms with van der Waals surface area (Å²) in [5, 5.41) is 5.33. The number of ether oxygens (including phenoxy) is 2. The van der Waals surface area contributed by atoms with E-state index in [1.807, 2.05) is 35.0 Å². The van der Waals surface area contributed by atoms with E-state index in [0.717, 1.165) is 16.3 Å². The predicted octanol–water partition coefficient (Wildman–Crippen LogP) is 2.81. The number of thiazole rings is 1. The Bertz CT molecular complexity index is 737. The van der Waals surface area contributed by atoms with Crippen LogP contribution in [0, 0.1) is 0 Å². The van der Waals surface area contributed by atoms with Crippen LogP contribution in [0.2, 0.25) is 0 Å². The highest BCUT2D eigenvalue weighted by molar-refractivity contribution is 7.15. The van der Waals surface area contributed by atoms with Crippen LogP contribution >= 0.6 is 11.3 Å². The van der Waals surface area contributed by atoms with E-state index in [4.69, 9.17) is 9.47 Å². The van der Waals surface area contributed by atoms with Crippen molar-refractivity contribution in [1.82, 2.24) is 14.4 Å². The topological polar surface area (TPSA) is 60.7 Å². The van der Waals surface area contributed by atoms with Gasteiger partial charge in [-0.3, -0.25) is 4.40 Å². The first kappa shape index (κ1) is 13.7. The number of hydrogen-bond acceptors (Lipinski definition) is 6. The minimum atomic E-state index is 0.576. The average Bonchev–Trinajstić information content (AvgIpc) is 3.07. The zero-order valence-corrected chi connectivity index (χ0v) is 12.7. The number of imidazole rings is 1. The van der Waals surface area contributed by atoms with Crippen LogP contribution in [-0.4, -0.2) is 28.1 Å². The van der Waals surface area contributed by atoms with E-state index in [9.17, 15) is 0 Å². The lowest BCUT2D eigenvalue weighted by atomic mass is 10.3.